The van der Waals surface area contributed by atoms with E-state index in [2.05, 4.69) is 4.98 Å². The molecule has 8 nitrogen and oxygen atoms in total. The minimum atomic E-state index is -0.144. The van der Waals surface area contributed by atoms with Crippen molar-refractivity contribution in [2.45, 2.75) is 6.10 Å². The first-order valence-corrected chi connectivity index (χ1v) is 8.87. The largest absolute Gasteiger partial charge is 0.493 e. The van der Waals surface area contributed by atoms with Gasteiger partial charge in [0.15, 0.2) is 11.5 Å². The van der Waals surface area contributed by atoms with Crippen molar-refractivity contribution < 1.29 is 23.7 Å². The number of benzene rings is 1. The molecule has 3 rings (SSSR count). The molecule has 0 aliphatic carbocycles. The molecule has 0 radical (unpaired) electrons. The van der Waals surface area contributed by atoms with Crippen LogP contribution in [0.1, 0.15) is 11.1 Å². The lowest BCUT2D eigenvalue weighted by atomic mass is 10.1. The quantitative estimate of drug-likeness (QED) is 0.664. The van der Waals surface area contributed by atoms with Gasteiger partial charge in [-0.2, -0.15) is 5.26 Å². The maximum absolute atomic E-state index is 12.4. The molecular weight excluding hydrogens is 374 g/mol. The van der Waals surface area contributed by atoms with Crippen LogP contribution in [-0.2, 0) is 4.79 Å². The second kappa shape index (κ2) is 8.97. The van der Waals surface area contributed by atoms with Gasteiger partial charge in [-0.05, 0) is 29.8 Å². The number of carbonyl (C=O) groups is 1. The summed E-state index contributed by atoms with van der Waals surface area (Å²) >= 11 is 0. The second-order valence-corrected chi connectivity index (χ2v) is 6.27. The number of rotatable bonds is 7. The molecule has 29 heavy (non-hydrogen) atoms. The van der Waals surface area contributed by atoms with Crippen LogP contribution in [-0.4, -0.2) is 56.3 Å². The van der Waals surface area contributed by atoms with E-state index < -0.39 is 0 Å². The van der Waals surface area contributed by atoms with Crippen LogP contribution in [0.5, 0.6) is 23.1 Å². The van der Waals surface area contributed by atoms with Crippen molar-refractivity contribution in [1.82, 2.24) is 9.88 Å². The van der Waals surface area contributed by atoms with Gasteiger partial charge in [-0.25, -0.2) is 4.98 Å². The van der Waals surface area contributed by atoms with E-state index in [4.69, 9.17) is 24.2 Å². The molecule has 150 valence electrons. The average Bonchev–Trinajstić information content (AvgIpc) is 2.73. The Kier molecular flexibility index (Phi) is 6.19. The standard InChI is InChI=1S/C21H21N3O5/c1-26-17-8-14(9-18(27-2)21(17)28-3)4-5-20(25)24-12-16(13-24)29-19-10-15(11-22)6-7-23-19/h4-10,16H,12-13H2,1-3H3/b5-4+. The van der Waals surface area contributed by atoms with Crippen LogP contribution in [0.4, 0.5) is 0 Å². The molecule has 8 heteroatoms. The van der Waals surface area contributed by atoms with Gasteiger partial charge in [0.1, 0.15) is 6.10 Å². The molecule has 0 N–H and O–H groups in total. The van der Waals surface area contributed by atoms with Crippen molar-refractivity contribution in [3.8, 4) is 29.2 Å². The van der Waals surface area contributed by atoms with E-state index >= 15 is 0 Å². The van der Waals surface area contributed by atoms with Crippen LogP contribution in [0, 0.1) is 11.3 Å². The van der Waals surface area contributed by atoms with Gasteiger partial charge in [-0.3, -0.25) is 4.79 Å². The lowest BCUT2D eigenvalue weighted by Crippen LogP contribution is -2.55. The molecule has 0 saturated carbocycles. The topological polar surface area (TPSA) is 93.9 Å². The Morgan fingerprint density at radius 2 is 1.86 bits per heavy atom. The van der Waals surface area contributed by atoms with Crippen LogP contribution < -0.4 is 18.9 Å². The molecular formula is C21H21N3O5. The van der Waals surface area contributed by atoms with E-state index in [0.717, 1.165) is 5.56 Å². The van der Waals surface area contributed by atoms with E-state index in [1.54, 1.807) is 35.2 Å². The molecule has 0 atom stereocenters. The van der Waals surface area contributed by atoms with Gasteiger partial charge in [0.05, 0.1) is 46.1 Å². The van der Waals surface area contributed by atoms with Crippen LogP contribution in [0.25, 0.3) is 6.08 Å². The number of hydrogen-bond acceptors (Lipinski definition) is 7. The van der Waals surface area contributed by atoms with E-state index in [9.17, 15) is 4.79 Å². The van der Waals surface area contributed by atoms with Crippen LogP contribution in [0.2, 0.25) is 0 Å². The second-order valence-electron chi connectivity index (χ2n) is 6.27. The lowest BCUT2D eigenvalue weighted by molar-refractivity contribution is -0.134. The van der Waals surface area contributed by atoms with Crippen molar-refractivity contribution in [2.24, 2.45) is 0 Å². The van der Waals surface area contributed by atoms with Gasteiger partial charge in [0, 0.05) is 18.3 Å². The molecule has 0 spiro atoms. The highest BCUT2D eigenvalue weighted by Gasteiger charge is 2.31. The monoisotopic (exact) mass is 395 g/mol. The summed E-state index contributed by atoms with van der Waals surface area (Å²) in [5.41, 5.74) is 1.23. The highest BCUT2D eigenvalue weighted by Crippen LogP contribution is 2.38. The number of likely N-dealkylation sites (tertiary alicyclic amines) is 1. The number of nitrogens with zero attached hydrogens (tertiary/aromatic N) is 3. The number of hydrogen-bond donors (Lipinski definition) is 0. The summed E-state index contributed by atoms with van der Waals surface area (Å²) in [7, 11) is 4.61. The third-order valence-corrected chi connectivity index (χ3v) is 4.42. The zero-order valence-corrected chi connectivity index (χ0v) is 16.4. The van der Waals surface area contributed by atoms with Gasteiger partial charge < -0.3 is 23.8 Å². The summed E-state index contributed by atoms with van der Waals surface area (Å²) in [6.45, 7) is 0.910. The number of pyridine rings is 1. The molecule has 1 aromatic carbocycles. The van der Waals surface area contributed by atoms with Crippen molar-refractivity contribution in [3.05, 3.63) is 47.7 Å². The summed E-state index contributed by atoms with van der Waals surface area (Å²) < 4.78 is 21.6. The fourth-order valence-corrected chi connectivity index (χ4v) is 2.88. The van der Waals surface area contributed by atoms with Crippen LogP contribution in [0.3, 0.4) is 0 Å². The minimum absolute atomic E-state index is 0.127. The highest BCUT2D eigenvalue weighted by molar-refractivity contribution is 5.92. The fraction of sp³-hybridized carbons (Fsp3) is 0.286. The predicted octanol–water partition coefficient (Wildman–Crippen LogP) is 2.28. The summed E-state index contributed by atoms with van der Waals surface area (Å²) in [5, 5.41) is 8.91. The number of ether oxygens (including phenoxy) is 4. The Morgan fingerprint density at radius 3 is 2.45 bits per heavy atom. The van der Waals surface area contributed by atoms with Gasteiger partial charge in [0.2, 0.25) is 17.5 Å². The molecule has 0 bridgehead atoms. The Morgan fingerprint density at radius 1 is 1.17 bits per heavy atom. The third kappa shape index (κ3) is 4.58. The minimum Gasteiger partial charge on any atom is -0.493 e. The molecule has 1 fully saturated rings. The number of nitriles is 1. The first-order valence-electron chi connectivity index (χ1n) is 8.87. The van der Waals surface area contributed by atoms with Crippen LogP contribution in [0.15, 0.2) is 36.5 Å². The van der Waals surface area contributed by atoms with Gasteiger partial charge in [-0.1, -0.05) is 0 Å². The van der Waals surface area contributed by atoms with E-state index in [1.807, 2.05) is 6.07 Å². The first kappa shape index (κ1) is 20.0. The summed E-state index contributed by atoms with van der Waals surface area (Å²) in [4.78, 5) is 18.1. The first-order chi connectivity index (χ1) is 14.1. The molecule has 1 aliphatic heterocycles. The molecule has 2 heterocycles. The molecule has 1 aromatic heterocycles. The molecule has 1 aliphatic rings. The highest BCUT2D eigenvalue weighted by atomic mass is 16.5. The van der Waals surface area contributed by atoms with Crippen molar-refractivity contribution >= 4 is 12.0 Å². The SMILES string of the molecule is COc1cc(/C=C/C(=O)N2CC(Oc3cc(C#N)ccn3)C2)cc(OC)c1OC. The fourth-order valence-electron chi connectivity index (χ4n) is 2.88. The maximum atomic E-state index is 12.4. The smallest absolute Gasteiger partial charge is 0.246 e. The Labute approximate surface area is 168 Å². The van der Waals surface area contributed by atoms with Crippen LogP contribution >= 0.6 is 0 Å². The van der Waals surface area contributed by atoms with Gasteiger partial charge in [0.25, 0.3) is 0 Å². The Balaban J connectivity index is 1.59. The Hall–Kier alpha value is -3.73. The zero-order valence-electron chi connectivity index (χ0n) is 16.4. The maximum Gasteiger partial charge on any atom is 0.246 e. The lowest BCUT2D eigenvalue weighted by Gasteiger charge is -2.38. The van der Waals surface area contributed by atoms with Crippen molar-refractivity contribution in [1.29, 1.82) is 5.26 Å². The number of aromatic nitrogens is 1. The number of amides is 1. The number of carbonyl (C=O) groups excluding carboxylic acids is 1. The average molecular weight is 395 g/mol. The van der Waals surface area contributed by atoms with E-state index in [-0.39, 0.29) is 12.0 Å². The van der Waals surface area contributed by atoms with Crippen molar-refractivity contribution in [3.63, 3.8) is 0 Å². The molecule has 0 unspecified atom stereocenters. The van der Waals surface area contributed by atoms with E-state index in [0.29, 0.717) is 41.8 Å². The molecule has 1 amide bonds. The predicted molar refractivity (Wildman–Crippen MR) is 105 cm³/mol. The summed E-state index contributed by atoms with van der Waals surface area (Å²) in [6.07, 6.45) is 4.56. The normalized spacial score (nSPS) is 13.5. The summed E-state index contributed by atoms with van der Waals surface area (Å²) in [6, 6.07) is 8.76. The van der Waals surface area contributed by atoms with Gasteiger partial charge in [-0.15, -0.1) is 0 Å². The summed E-state index contributed by atoms with van der Waals surface area (Å²) in [5.74, 6) is 1.79. The Bertz CT molecular complexity index is 936. The zero-order chi connectivity index (χ0) is 20.8. The van der Waals surface area contributed by atoms with Gasteiger partial charge >= 0.3 is 0 Å². The van der Waals surface area contributed by atoms with Crippen molar-refractivity contribution in [2.75, 3.05) is 34.4 Å². The third-order valence-electron chi connectivity index (χ3n) is 4.42. The number of methoxy groups -OCH3 is 3. The molecule has 1 saturated heterocycles. The van der Waals surface area contributed by atoms with E-state index in [1.165, 1.54) is 33.6 Å². The molecule has 2 aromatic rings.